The zero-order valence-corrected chi connectivity index (χ0v) is 16.6. The number of benzene rings is 1. The summed E-state index contributed by atoms with van der Waals surface area (Å²) in [5.74, 6) is 0.766. The second-order valence-corrected chi connectivity index (χ2v) is 7.71. The number of ether oxygens (including phenoxy) is 2. The van der Waals surface area contributed by atoms with Gasteiger partial charge in [-0.3, -0.25) is 9.59 Å². The van der Waals surface area contributed by atoms with E-state index in [0.29, 0.717) is 33.5 Å². The molecule has 6 nitrogen and oxygen atoms in total. The van der Waals surface area contributed by atoms with Gasteiger partial charge in [0.05, 0.1) is 25.3 Å². The smallest absolute Gasteiger partial charge is 0.260 e. The lowest BCUT2D eigenvalue weighted by molar-refractivity contribution is 0.1000. The van der Waals surface area contributed by atoms with Gasteiger partial charge in [0.2, 0.25) is 0 Å². The van der Waals surface area contributed by atoms with Crippen LogP contribution in [0.4, 0.5) is 5.00 Å². The van der Waals surface area contributed by atoms with Crippen molar-refractivity contribution in [3.63, 3.8) is 0 Å². The lowest BCUT2D eigenvalue weighted by Crippen LogP contribution is -2.20. The first-order valence-electron chi connectivity index (χ1n) is 8.96. The fourth-order valence-electron chi connectivity index (χ4n) is 3.51. The molecule has 2 amide bonds. The van der Waals surface area contributed by atoms with E-state index >= 15 is 0 Å². The van der Waals surface area contributed by atoms with E-state index in [1.165, 1.54) is 18.4 Å². The van der Waals surface area contributed by atoms with Crippen LogP contribution in [0.25, 0.3) is 0 Å². The van der Waals surface area contributed by atoms with Crippen molar-refractivity contribution in [2.24, 2.45) is 11.7 Å². The molecular formula is C20H24N2O4S. The average Bonchev–Trinajstić information content (AvgIpc) is 3.04. The largest absolute Gasteiger partial charge is 0.497 e. The highest BCUT2D eigenvalue weighted by Crippen LogP contribution is 2.40. The molecule has 1 aromatic carbocycles. The molecule has 0 unspecified atom stereocenters. The maximum atomic E-state index is 12.8. The molecule has 1 aromatic heterocycles. The summed E-state index contributed by atoms with van der Waals surface area (Å²) < 4.78 is 10.5. The molecule has 0 aliphatic heterocycles. The molecule has 0 saturated heterocycles. The van der Waals surface area contributed by atoms with Gasteiger partial charge >= 0.3 is 0 Å². The topological polar surface area (TPSA) is 90.7 Å². The number of fused-ring (bicyclic) bond motifs is 1. The first kappa shape index (κ1) is 19.2. The molecule has 0 fully saturated rings. The van der Waals surface area contributed by atoms with Gasteiger partial charge in [0.1, 0.15) is 16.5 Å². The molecule has 1 aliphatic carbocycles. The summed E-state index contributed by atoms with van der Waals surface area (Å²) in [6.07, 6.45) is 3.90. The lowest BCUT2D eigenvalue weighted by Gasteiger charge is -2.20. The Morgan fingerprint density at radius 3 is 2.70 bits per heavy atom. The Hall–Kier alpha value is -2.54. The second kappa shape index (κ2) is 8.00. The fourth-order valence-corrected chi connectivity index (χ4v) is 4.87. The third-order valence-electron chi connectivity index (χ3n) is 5.07. The van der Waals surface area contributed by atoms with Crippen LogP contribution in [0.5, 0.6) is 11.5 Å². The Morgan fingerprint density at radius 2 is 2.07 bits per heavy atom. The predicted molar refractivity (Wildman–Crippen MR) is 106 cm³/mol. The number of anilines is 1. The highest BCUT2D eigenvalue weighted by molar-refractivity contribution is 7.17. The quantitative estimate of drug-likeness (QED) is 0.791. The second-order valence-electron chi connectivity index (χ2n) is 6.61. The number of nitrogens with two attached hydrogens (primary N) is 1. The number of rotatable bonds is 6. The number of amides is 2. The molecule has 0 radical (unpaired) electrons. The summed E-state index contributed by atoms with van der Waals surface area (Å²) in [6, 6.07) is 4.98. The van der Waals surface area contributed by atoms with Crippen LogP contribution < -0.4 is 20.5 Å². The van der Waals surface area contributed by atoms with Crippen LogP contribution >= 0.6 is 11.3 Å². The molecule has 27 heavy (non-hydrogen) atoms. The van der Waals surface area contributed by atoms with Crippen molar-refractivity contribution in [3.05, 3.63) is 39.8 Å². The van der Waals surface area contributed by atoms with Gasteiger partial charge in [0, 0.05) is 10.9 Å². The number of hydrogen-bond acceptors (Lipinski definition) is 5. The molecule has 2 aromatic rings. The summed E-state index contributed by atoms with van der Waals surface area (Å²) in [6.45, 7) is 2.18. The van der Waals surface area contributed by atoms with E-state index in [-0.39, 0.29) is 5.91 Å². The molecule has 3 N–H and O–H groups in total. The van der Waals surface area contributed by atoms with Crippen molar-refractivity contribution in [2.75, 3.05) is 19.5 Å². The van der Waals surface area contributed by atoms with Crippen molar-refractivity contribution >= 4 is 28.2 Å². The van der Waals surface area contributed by atoms with E-state index in [9.17, 15) is 9.59 Å². The van der Waals surface area contributed by atoms with Gasteiger partial charge in [-0.15, -0.1) is 11.3 Å². The van der Waals surface area contributed by atoms with Crippen LogP contribution in [0.3, 0.4) is 0 Å². The number of hydrogen-bond donors (Lipinski definition) is 2. The monoisotopic (exact) mass is 388 g/mol. The maximum Gasteiger partial charge on any atom is 0.260 e. The highest BCUT2D eigenvalue weighted by atomic mass is 32.1. The van der Waals surface area contributed by atoms with E-state index < -0.39 is 5.91 Å². The molecule has 0 bridgehead atoms. The molecule has 144 valence electrons. The number of carbonyl (C=O) groups is 2. The van der Waals surface area contributed by atoms with Gasteiger partial charge in [-0.1, -0.05) is 13.3 Å². The zero-order chi connectivity index (χ0) is 19.6. The summed E-state index contributed by atoms with van der Waals surface area (Å²) in [7, 11) is 3.04. The fraction of sp³-hybridized carbons (Fsp3) is 0.400. The zero-order valence-electron chi connectivity index (χ0n) is 15.8. The van der Waals surface area contributed by atoms with Gasteiger partial charge < -0.3 is 20.5 Å². The number of nitrogens with one attached hydrogen (secondary N) is 1. The van der Waals surface area contributed by atoms with E-state index in [1.54, 1.807) is 25.3 Å². The van der Waals surface area contributed by atoms with Crippen LogP contribution in [-0.4, -0.2) is 26.0 Å². The lowest BCUT2D eigenvalue weighted by atomic mass is 9.85. The third-order valence-corrected chi connectivity index (χ3v) is 6.24. The molecule has 3 rings (SSSR count). The molecular weight excluding hydrogens is 364 g/mol. The van der Waals surface area contributed by atoms with Crippen LogP contribution in [0.15, 0.2) is 18.2 Å². The van der Waals surface area contributed by atoms with Crippen LogP contribution in [0.1, 0.15) is 50.9 Å². The first-order chi connectivity index (χ1) is 13.0. The van der Waals surface area contributed by atoms with E-state index in [1.807, 2.05) is 0 Å². The minimum atomic E-state index is -0.501. The Bertz CT molecular complexity index is 875. The van der Waals surface area contributed by atoms with Crippen molar-refractivity contribution < 1.29 is 19.1 Å². The van der Waals surface area contributed by atoms with Crippen molar-refractivity contribution in [3.8, 4) is 11.5 Å². The number of thiophene rings is 1. The van der Waals surface area contributed by atoms with E-state index in [4.69, 9.17) is 15.2 Å². The summed E-state index contributed by atoms with van der Waals surface area (Å²) in [5.41, 5.74) is 7.45. The van der Waals surface area contributed by atoms with Gasteiger partial charge in [-0.05, 0) is 42.9 Å². The average molecular weight is 388 g/mol. The number of primary amides is 1. The van der Waals surface area contributed by atoms with Crippen LogP contribution in [-0.2, 0) is 12.8 Å². The molecule has 1 heterocycles. The molecule has 1 atom stereocenters. The first-order valence-corrected chi connectivity index (χ1v) is 9.77. The van der Waals surface area contributed by atoms with Crippen LogP contribution in [0.2, 0.25) is 0 Å². The van der Waals surface area contributed by atoms with E-state index in [0.717, 1.165) is 36.1 Å². The van der Waals surface area contributed by atoms with Gasteiger partial charge in [-0.2, -0.15) is 0 Å². The Kier molecular flexibility index (Phi) is 5.70. The van der Waals surface area contributed by atoms with Gasteiger partial charge in [-0.25, -0.2) is 0 Å². The predicted octanol–water partition coefficient (Wildman–Crippen LogP) is 3.63. The van der Waals surface area contributed by atoms with Crippen molar-refractivity contribution in [1.82, 2.24) is 0 Å². The Balaban J connectivity index is 1.93. The van der Waals surface area contributed by atoms with Gasteiger partial charge in [0.25, 0.3) is 11.8 Å². The summed E-state index contributed by atoms with van der Waals surface area (Å²) >= 11 is 1.46. The Morgan fingerprint density at radius 1 is 1.30 bits per heavy atom. The van der Waals surface area contributed by atoms with Crippen LogP contribution in [0, 0.1) is 5.92 Å². The minimum Gasteiger partial charge on any atom is -0.497 e. The minimum absolute atomic E-state index is 0.345. The van der Waals surface area contributed by atoms with Gasteiger partial charge in [0.15, 0.2) is 0 Å². The molecule has 0 saturated carbocycles. The molecule has 7 heteroatoms. The molecule has 0 spiro atoms. The standard InChI is InChI=1S/C20H24N2O4S/c1-4-11-5-7-14-16(9-11)27-20(17(14)18(21)23)22-19(24)13-8-6-12(25-2)10-15(13)26-3/h6,8,10-11H,4-5,7,9H2,1-3H3,(H2,21,23)(H,22,24)/t11-/m1/s1. The summed E-state index contributed by atoms with van der Waals surface area (Å²) in [4.78, 5) is 26.0. The number of methoxy groups -OCH3 is 2. The van der Waals surface area contributed by atoms with Crippen molar-refractivity contribution in [1.29, 1.82) is 0 Å². The maximum absolute atomic E-state index is 12.8. The summed E-state index contributed by atoms with van der Waals surface area (Å²) in [5, 5.41) is 3.39. The SMILES string of the molecule is CC[C@@H]1CCc2c(sc(NC(=O)c3ccc(OC)cc3OC)c2C(N)=O)C1. The third kappa shape index (κ3) is 3.78. The Labute approximate surface area is 162 Å². The molecule has 1 aliphatic rings. The van der Waals surface area contributed by atoms with E-state index in [2.05, 4.69) is 12.2 Å². The normalized spacial score (nSPS) is 15.7. The number of carbonyl (C=O) groups excluding carboxylic acids is 2. The highest BCUT2D eigenvalue weighted by Gasteiger charge is 2.28. The van der Waals surface area contributed by atoms with Crippen molar-refractivity contribution in [2.45, 2.75) is 32.6 Å².